The van der Waals surface area contributed by atoms with E-state index in [1.807, 2.05) is 6.20 Å². The molecule has 0 aliphatic heterocycles. The summed E-state index contributed by atoms with van der Waals surface area (Å²) in [5, 5.41) is 6.92. The van der Waals surface area contributed by atoms with Crippen molar-refractivity contribution in [3.05, 3.63) is 23.7 Å². The molecule has 1 fully saturated rings. The molecular formula is C13H16N2S. The van der Waals surface area contributed by atoms with E-state index in [0.717, 1.165) is 12.4 Å². The van der Waals surface area contributed by atoms with Crippen LogP contribution in [0.4, 0.5) is 5.82 Å². The van der Waals surface area contributed by atoms with Gasteiger partial charge in [-0.15, -0.1) is 11.3 Å². The number of pyridine rings is 1. The second-order valence-corrected chi connectivity index (χ2v) is 5.65. The third kappa shape index (κ3) is 1.69. The minimum Gasteiger partial charge on any atom is -0.369 e. The molecular weight excluding hydrogens is 216 g/mol. The van der Waals surface area contributed by atoms with Crippen LogP contribution in [-0.4, -0.2) is 11.5 Å². The fourth-order valence-corrected chi connectivity index (χ4v) is 2.92. The van der Waals surface area contributed by atoms with Crippen molar-refractivity contribution in [2.24, 2.45) is 5.41 Å². The lowest BCUT2D eigenvalue weighted by atomic mass is 10.0. The predicted molar refractivity (Wildman–Crippen MR) is 70.1 cm³/mol. The van der Waals surface area contributed by atoms with E-state index in [1.54, 1.807) is 11.3 Å². The van der Waals surface area contributed by atoms with Gasteiger partial charge in [-0.2, -0.15) is 0 Å². The highest BCUT2D eigenvalue weighted by Crippen LogP contribution is 2.48. The van der Waals surface area contributed by atoms with E-state index < -0.39 is 0 Å². The standard InChI is InChI=1S/C13H16N2S/c1-2-13(5-6-13)9-15-12-10-4-8-16-11(10)3-7-14-12/h3-4,7-8H,2,5-6,9H2,1H3,(H,14,15). The molecule has 0 atom stereocenters. The molecule has 0 amide bonds. The van der Waals surface area contributed by atoms with Gasteiger partial charge in [0, 0.05) is 22.8 Å². The Bertz CT molecular complexity index is 499. The summed E-state index contributed by atoms with van der Waals surface area (Å²) in [7, 11) is 0. The van der Waals surface area contributed by atoms with E-state index in [-0.39, 0.29) is 0 Å². The van der Waals surface area contributed by atoms with Gasteiger partial charge in [0.15, 0.2) is 0 Å². The summed E-state index contributed by atoms with van der Waals surface area (Å²) in [6.45, 7) is 3.36. The molecule has 16 heavy (non-hydrogen) atoms. The van der Waals surface area contributed by atoms with Crippen LogP contribution in [0.15, 0.2) is 23.7 Å². The highest BCUT2D eigenvalue weighted by molar-refractivity contribution is 7.17. The van der Waals surface area contributed by atoms with Crippen molar-refractivity contribution in [2.45, 2.75) is 26.2 Å². The van der Waals surface area contributed by atoms with Crippen molar-refractivity contribution in [3.8, 4) is 0 Å². The van der Waals surface area contributed by atoms with Crippen molar-refractivity contribution in [2.75, 3.05) is 11.9 Å². The minimum absolute atomic E-state index is 0.569. The predicted octanol–water partition coefficient (Wildman–Crippen LogP) is 3.90. The molecule has 0 saturated heterocycles. The molecule has 2 heterocycles. The molecule has 2 aromatic heterocycles. The molecule has 1 aliphatic rings. The van der Waals surface area contributed by atoms with Gasteiger partial charge in [-0.1, -0.05) is 6.92 Å². The average Bonchev–Trinajstić information content (AvgIpc) is 2.94. The van der Waals surface area contributed by atoms with Gasteiger partial charge in [0.2, 0.25) is 0 Å². The maximum Gasteiger partial charge on any atom is 0.134 e. The highest BCUT2D eigenvalue weighted by atomic mass is 32.1. The van der Waals surface area contributed by atoms with E-state index in [1.165, 1.54) is 29.3 Å². The first-order valence-corrected chi connectivity index (χ1v) is 6.77. The molecule has 84 valence electrons. The summed E-state index contributed by atoms with van der Waals surface area (Å²) >= 11 is 1.78. The SMILES string of the molecule is CCC1(CNc2nccc3sccc23)CC1. The van der Waals surface area contributed by atoms with E-state index in [9.17, 15) is 0 Å². The highest BCUT2D eigenvalue weighted by Gasteiger charge is 2.40. The molecule has 3 heteroatoms. The lowest BCUT2D eigenvalue weighted by Crippen LogP contribution is -2.15. The Kier molecular flexibility index (Phi) is 2.36. The van der Waals surface area contributed by atoms with Gasteiger partial charge in [0.1, 0.15) is 5.82 Å². The third-order valence-corrected chi connectivity index (χ3v) is 4.60. The lowest BCUT2D eigenvalue weighted by molar-refractivity contribution is 0.521. The lowest BCUT2D eigenvalue weighted by Gasteiger charge is -2.14. The second-order valence-electron chi connectivity index (χ2n) is 4.70. The summed E-state index contributed by atoms with van der Waals surface area (Å²) in [5.74, 6) is 1.05. The van der Waals surface area contributed by atoms with Crippen LogP contribution in [0.3, 0.4) is 0 Å². The molecule has 3 rings (SSSR count). The van der Waals surface area contributed by atoms with Gasteiger partial charge in [0.05, 0.1) is 0 Å². The van der Waals surface area contributed by atoms with Crippen LogP contribution in [0, 0.1) is 5.41 Å². The topological polar surface area (TPSA) is 24.9 Å². The Labute approximate surface area is 99.7 Å². The number of nitrogens with one attached hydrogen (secondary N) is 1. The molecule has 2 aromatic rings. The number of nitrogens with zero attached hydrogens (tertiary/aromatic N) is 1. The largest absolute Gasteiger partial charge is 0.369 e. The summed E-state index contributed by atoms with van der Waals surface area (Å²) in [6, 6.07) is 4.23. The fourth-order valence-electron chi connectivity index (χ4n) is 2.14. The number of hydrogen-bond donors (Lipinski definition) is 1. The monoisotopic (exact) mass is 232 g/mol. The van der Waals surface area contributed by atoms with Gasteiger partial charge in [-0.3, -0.25) is 0 Å². The van der Waals surface area contributed by atoms with Crippen molar-refractivity contribution in [1.29, 1.82) is 0 Å². The smallest absolute Gasteiger partial charge is 0.134 e. The summed E-state index contributed by atoms with van der Waals surface area (Å²) < 4.78 is 1.32. The zero-order chi connectivity index (χ0) is 11.0. The van der Waals surface area contributed by atoms with Gasteiger partial charge in [-0.25, -0.2) is 4.98 Å². The Morgan fingerprint density at radius 3 is 3.06 bits per heavy atom. The summed E-state index contributed by atoms with van der Waals surface area (Å²) in [5.41, 5.74) is 0.569. The molecule has 1 saturated carbocycles. The zero-order valence-corrected chi connectivity index (χ0v) is 10.3. The molecule has 1 aliphatic carbocycles. The summed E-state index contributed by atoms with van der Waals surface area (Å²) in [6.07, 6.45) is 5.92. The third-order valence-electron chi connectivity index (χ3n) is 3.72. The molecule has 1 N–H and O–H groups in total. The maximum absolute atomic E-state index is 4.44. The van der Waals surface area contributed by atoms with Crippen LogP contribution in [0.25, 0.3) is 10.1 Å². The first kappa shape index (κ1) is 10.1. The minimum atomic E-state index is 0.569. The Morgan fingerprint density at radius 2 is 2.31 bits per heavy atom. The Morgan fingerprint density at radius 1 is 1.44 bits per heavy atom. The average molecular weight is 232 g/mol. The number of hydrogen-bond acceptors (Lipinski definition) is 3. The van der Waals surface area contributed by atoms with E-state index in [0.29, 0.717) is 5.41 Å². The van der Waals surface area contributed by atoms with Crippen molar-refractivity contribution >= 4 is 27.2 Å². The number of rotatable bonds is 4. The Hall–Kier alpha value is -1.09. The Balaban J connectivity index is 1.81. The van der Waals surface area contributed by atoms with Crippen LogP contribution in [-0.2, 0) is 0 Å². The molecule has 0 unspecified atom stereocenters. The van der Waals surface area contributed by atoms with Gasteiger partial charge >= 0.3 is 0 Å². The molecule has 2 nitrogen and oxygen atoms in total. The fraction of sp³-hybridized carbons (Fsp3) is 0.462. The molecule has 0 aromatic carbocycles. The maximum atomic E-state index is 4.44. The number of anilines is 1. The van der Waals surface area contributed by atoms with Crippen LogP contribution in [0.2, 0.25) is 0 Å². The molecule has 0 spiro atoms. The van der Waals surface area contributed by atoms with Crippen molar-refractivity contribution < 1.29 is 0 Å². The van der Waals surface area contributed by atoms with Crippen molar-refractivity contribution in [1.82, 2.24) is 4.98 Å². The van der Waals surface area contributed by atoms with Crippen molar-refractivity contribution in [3.63, 3.8) is 0 Å². The second kappa shape index (κ2) is 3.74. The molecule has 0 radical (unpaired) electrons. The van der Waals surface area contributed by atoms with E-state index in [2.05, 4.69) is 34.7 Å². The zero-order valence-electron chi connectivity index (χ0n) is 9.49. The van der Waals surface area contributed by atoms with E-state index in [4.69, 9.17) is 0 Å². The van der Waals surface area contributed by atoms with Gasteiger partial charge in [-0.05, 0) is 42.2 Å². The number of thiophene rings is 1. The number of fused-ring (bicyclic) bond motifs is 1. The first-order valence-electron chi connectivity index (χ1n) is 5.89. The first-order chi connectivity index (χ1) is 7.83. The van der Waals surface area contributed by atoms with E-state index >= 15 is 0 Å². The van der Waals surface area contributed by atoms with Crippen LogP contribution in [0.1, 0.15) is 26.2 Å². The quantitative estimate of drug-likeness (QED) is 0.864. The van der Waals surface area contributed by atoms with Crippen LogP contribution in [0.5, 0.6) is 0 Å². The van der Waals surface area contributed by atoms with Crippen LogP contribution < -0.4 is 5.32 Å². The number of aromatic nitrogens is 1. The summed E-state index contributed by atoms with van der Waals surface area (Å²) in [4.78, 5) is 4.44. The van der Waals surface area contributed by atoms with Crippen LogP contribution >= 0.6 is 11.3 Å². The van der Waals surface area contributed by atoms with Gasteiger partial charge < -0.3 is 5.32 Å². The van der Waals surface area contributed by atoms with Gasteiger partial charge in [0.25, 0.3) is 0 Å². The molecule has 0 bridgehead atoms. The normalized spacial score (nSPS) is 17.6.